The fourth-order valence-electron chi connectivity index (χ4n) is 2.65. The fraction of sp³-hybridized carbons (Fsp3) is 0.368. The Balaban J connectivity index is 2.28. The van der Waals surface area contributed by atoms with Crippen LogP contribution in [0.4, 0.5) is 0 Å². The number of rotatable bonds is 6. The second kappa shape index (κ2) is 7.25. The van der Waals surface area contributed by atoms with Gasteiger partial charge in [-0.2, -0.15) is 0 Å². The van der Waals surface area contributed by atoms with Gasteiger partial charge in [-0.3, -0.25) is 0 Å². The van der Waals surface area contributed by atoms with Gasteiger partial charge in [0.05, 0.1) is 6.04 Å². The molecule has 1 nitrogen and oxygen atoms in total. The van der Waals surface area contributed by atoms with E-state index in [-0.39, 0.29) is 6.04 Å². The minimum atomic E-state index is 0.288. The van der Waals surface area contributed by atoms with Crippen molar-refractivity contribution < 1.29 is 0 Å². The van der Waals surface area contributed by atoms with Gasteiger partial charge in [-0.05, 0) is 36.6 Å². The van der Waals surface area contributed by atoms with E-state index in [2.05, 4.69) is 74.6 Å². The van der Waals surface area contributed by atoms with E-state index in [9.17, 15) is 0 Å². The molecule has 1 N–H and O–H groups in total. The normalized spacial score (nSPS) is 12.3. The van der Waals surface area contributed by atoms with E-state index in [1.54, 1.807) is 0 Å². The highest BCUT2D eigenvalue weighted by atomic mass is 14.9. The highest BCUT2D eigenvalue weighted by Gasteiger charge is 2.12. The summed E-state index contributed by atoms with van der Waals surface area (Å²) in [6.45, 7) is 7.50. The quantitative estimate of drug-likeness (QED) is 0.803. The molecule has 2 aromatic rings. The van der Waals surface area contributed by atoms with Crippen LogP contribution in [0.25, 0.3) is 0 Å². The van der Waals surface area contributed by atoms with Crippen molar-refractivity contribution in [1.29, 1.82) is 0 Å². The van der Waals surface area contributed by atoms with Crippen LogP contribution in [0.5, 0.6) is 0 Å². The summed E-state index contributed by atoms with van der Waals surface area (Å²) in [5.41, 5.74) is 5.43. The molecule has 0 aliphatic heterocycles. The predicted molar refractivity (Wildman–Crippen MR) is 87.1 cm³/mol. The van der Waals surface area contributed by atoms with Crippen LogP contribution >= 0.6 is 0 Å². The molecule has 0 saturated heterocycles. The van der Waals surface area contributed by atoms with Crippen molar-refractivity contribution in [3.05, 3.63) is 70.8 Å². The summed E-state index contributed by atoms with van der Waals surface area (Å²) in [6, 6.07) is 18.1. The first-order valence-electron chi connectivity index (χ1n) is 7.63. The molecule has 2 aromatic carbocycles. The number of nitrogens with one attached hydrogen (secondary N) is 1. The van der Waals surface area contributed by atoms with E-state index in [4.69, 9.17) is 0 Å². The van der Waals surface area contributed by atoms with E-state index in [1.165, 1.54) is 28.7 Å². The van der Waals surface area contributed by atoms with Crippen molar-refractivity contribution in [3.8, 4) is 0 Å². The van der Waals surface area contributed by atoms with Gasteiger partial charge < -0.3 is 5.32 Å². The summed E-state index contributed by atoms with van der Waals surface area (Å²) >= 11 is 0. The van der Waals surface area contributed by atoms with Crippen LogP contribution in [-0.2, 0) is 6.42 Å². The minimum Gasteiger partial charge on any atom is -0.307 e. The number of hydrogen-bond donors (Lipinski definition) is 1. The fourth-order valence-corrected chi connectivity index (χ4v) is 2.65. The Morgan fingerprint density at radius 3 is 2.30 bits per heavy atom. The molecule has 20 heavy (non-hydrogen) atoms. The zero-order chi connectivity index (χ0) is 14.4. The molecule has 0 spiro atoms. The molecule has 0 aliphatic carbocycles. The van der Waals surface area contributed by atoms with E-state index >= 15 is 0 Å². The SMILES string of the molecule is CCCc1ccc(C(NCC)c2cccc(C)c2)cc1. The topological polar surface area (TPSA) is 12.0 Å². The third-order valence-corrected chi connectivity index (χ3v) is 3.64. The Morgan fingerprint density at radius 2 is 1.70 bits per heavy atom. The lowest BCUT2D eigenvalue weighted by molar-refractivity contribution is 0.630. The molecule has 0 amide bonds. The van der Waals surface area contributed by atoms with Crippen LogP contribution in [0.1, 0.15) is 48.6 Å². The van der Waals surface area contributed by atoms with Crippen LogP contribution in [0, 0.1) is 6.92 Å². The highest BCUT2D eigenvalue weighted by molar-refractivity contribution is 5.35. The molecule has 2 rings (SSSR count). The Labute approximate surface area is 123 Å². The Hall–Kier alpha value is -1.60. The van der Waals surface area contributed by atoms with Crippen molar-refractivity contribution in [1.82, 2.24) is 5.32 Å². The minimum absolute atomic E-state index is 0.288. The predicted octanol–water partition coefficient (Wildman–Crippen LogP) is 4.65. The van der Waals surface area contributed by atoms with Gasteiger partial charge in [-0.15, -0.1) is 0 Å². The van der Waals surface area contributed by atoms with Gasteiger partial charge in [-0.1, -0.05) is 74.4 Å². The van der Waals surface area contributed by atoms with E-state index in [0.29, 0.717) is 0 Å². The van der Waals surface area contributed by atoms with Crippen molar-refractivity contribution in [3.63, 3.8) is 0 Å². The van der Waals surface area contributed by atoms with Crippen LogP contribution in [-0.4, -0.2) is 6.54 Å². The molecule has 106 valence electrons. The van der Waals surface area contributed by atoms with Crippen molar-refractivity contribution in [2.45, 2.75) is 39.7 Å². The van der Waals surface area contributed by atoms with Crippen LogP contribution in [0.15, 0.2) is 48.5 Å². The van der Waals surface area contributed by atoms with Crippen molar-refractivity contribution >= 4 is 0 Å². The molecule has 1 unspecified atom stereocenters. The summed E-state index contributed by atoms with van der Waals surface area (Å²) in [6.07, 6.45) is 2.37. The molecular formula is C19H25N. The van der Waals surface area contributed by atoms with E-state index < -0.39 is 0 Å². The summed E-state index contributed by atoms with van der Waals surface area (Å²) in [5.74, 6) is 0. The smallest absolute Gasteiger partial charge is 0.0576 e. The lowest BCUT2D eigenvalue weighted by Gasteiger charge is -2.20. The summed E-state index contributed by atoms with van der Waals surface area (Å²) in [5, 5.41) is 3.59. The Bertz CT molecular complexity index is 528. The van der Waals surface area contributed by atoms with Gasteiger partial charge in [-0.25, -0.2) is 0 Å². The van der Waals surface area contributed by atoms with Gasteiger partial charge >= 0.3 is 0 Å². The van der Waals surface area contributed by atoms with E-state index in [1.807, 2.05) is 0 Å². The second-order valence-corrected chi connectivity index (χ2v) is 5.40. The maximum atomic E-state index is 3.59. The molecule has 1 heteroatoms. The molecule has 0 heterocycles. The Kier molecular flexibility index (Phi) is 5.37. The maximum Gasteiger partial charge on any atom is 0.0576 e. The molecule has 0 aliphatic rings. The molecule has 1 atom stereocenters. The zero-order valence-electron chi connectivity index (χ0n) is 12.8. The maximum absolute atomic E-state index is 3.59. The number of benzene rings is 2. The Morgan fingerprint density at radius 1 is 0.950 bits per heavy atom. The standard InChI is InChI=1S/C19H25N/c1-4-7-16-10-12-17(13-11-16)19(20-5-2)18-9-6-8-15(3)14-18/h6,8-14,19-20H,4-5,7H2,1-3H3. The number of aryl methyl sites for hydroxylation is 2. The first-order valence-corrected chi connectivity index (χ1v) is 7.63. The third kappa shape index (κ3) is 3.71. The molecular weight excluding hydrogens is 242 g/mol. The van der Waals surface area contributed by atoms with Crippen LogP contribution in [0.2, 0.25) is 0 Å². The summed E-state index contributed by atoms with van der Waals surface area (Å²) in [4.78, 5) is 0. The van der Waals surface area contributed by atoms with E-state index in [0.717, 1.165) is 13.0 Å². The van der Waals surface area contributed by atoms with Gasteiger partial charge in [0.1, 0.15) is 0 Å². The third-order valence-electron chi connectivity index (χ3n) is 3.64. The average Bonchev–Trinajstić information content (AvgIpc) is 2.46. The zero-order valence-corrected chi connectivity index (χ0v) is 12.8. The van der Waals surface area contributed by atoms with Crippen LogP contribution < -0.4 is 5.32 Å². The van der Waals surface area contributed by atoms with Gasteiger partial charge in [0, 0.05) is 0 Å². The molecule has 0 aromatic heterocycles. The second-order valence-electron chi connectivity index (χ2n) is 5.40. The summed E-state index contributed by atoms with van der Waals surface area (Å²) < 4.78 is 0. The molecule has 0 radical (unpaired) electrons. The molecule has 0 fully saturated rings. The molecule has 0 bridgehead atoms. The summed E-state index contributed by atoms with van der Waals surface area (Å²) in [7, 11) is 0. The highest BCUT2D eigenvalue weighted by Crippen LogP contribution is 2.23. The number of hydrogen-bond acceptors (Lipinski definition) is 1. The first-order chi connectivity index (χ1) is 9.74. The molecule has 0 saturated carbocycles. The van der Waals surface area contributed by atoms with Gasteiger partial charge in [0.25, 0.3) is 0 Å². The lowest BCUT2D eigenvalue weighted by Crippen LogP contribution is -2.22. The monoisotopic (exact) mass is 267 g/mol. The largest absolute Gasteiger partial charge is 0.307 e. The van der Waals surface area contributed by atoms with Crippen molar-refractivity contribution in [2.24, 2.45) is 0 Å². The van der Waals surface area contributed by atoms with Crippen LogP contribution in [0.3, 0.4) is 0 Å². The van der Waals surface area contributed by atoms with Crippen molar-refractivity contribution in [2.75, 3.05) is 6.54 Å². The first kappa shape index (κ1) is 14.8. The lowest BCUT2D eigenvalue weighted by atomic mass is 9.96. The average molecular weight is 267 g/mol. The van der Waals surface area contributed by atoms with Gasteiger partial charge in [0.15, 0.2) is 0 Å². The van der Waals surface area contributed by atoms with Gasteiger partial charge in [0.2, 0.25) is 0 Å².